The van der Waals surface area contributed by atoms with E-state index < -0.39 is 0 Å². The van der Waals surface area contributed by atoms with Crippen molar-refractivity contribution in [2.45, 2.75) is 26.2 Å². The van der Waals surface area contributed by atoms with Crippen molar-refractivity contribution in [3.63, 3.8) is 0 Å². The van der Waals surface area contributed by atoms with E-state index in [1.165, 1.54) is 5.56 Å². The second-order valence-corrected chi connectivity index (χ2v) is 8.12. The number of aromatic nitrogens is 4. The van der Waals surface area contributed by atoms with E-state index in [0.29, 0.717) is 24.9 Å². The summed E-state index contributed by atoms with van der Waals surface area (Å²) in [6.07, 6.45) is 4.51. The van der Waals surface area contributed by atoms with Crippen molar-refractivity contribution in [1.29, 1.82) is 0 Å². The number of hydrogen-bond donors (Lipinski definition) is 2. The summed E-state index contributed by atoms with van der Waals surface area (Å²) >= 11 is 0. The average molecular weight is 548 g/mol. The molecule has 9 heteroatoms. The zero-order chi connectivity index (χ0) is 21.6. The topological polar surface area (TPSA) is 83.3 Å². The van der Waals surface area contributed by atoms with Crippen molar-refractivity contribution < 1.29 is 0 Å². The number of piperidine rings is 1. The first-order valence-corrected chi connectivity index (χ1v) is 11.1. The van der Waals surface area contributed by atoms with Crippen LogP contribution in [-0.4, -0.2) is 63.3 Å². The van der Waals surface area contributed by atoms with Crippen molar-refractivity contribution in [1.82, 2.24) is 30.0 Å². The highest BCUT2D eigenvalue weighted by Gasteiger charge is 2.28. The quantitative estimate of drug-likeness (QED) is 0.213. The van der Waals surface area contributed by atoms with E-state index in [4.69, 9.17) is 4.99 Å². The first-order chi connectivity index (χ1) is 15.2. The maximum Gasteiger partial charge on any atom is 0.193 e. The van der Waals surface area contributed by atoms with Crippen molar-refractivity contribution >= 4 is 46.8 Å². The van der Waals surface area contributed by atoms with Gasteiger partial charge in [0.25, 0.3) is 0 Å². The van der Waals surface area contributed by atoms with E-state index in [1.807, 2.05) is 7.05 Å². The SMILES string of the molecule is CCNC(=NCCNc1ncnc2c1cnn2C)N1CCC(c2ccccc2)C(C)C1.I. The Morgan fingerprint density at radius 1 is 1.22 bits per heavy atom. The summed E-state index contributed by atoms with van der Waals surface area (Å²) in [5.74, 6) is 2.99. The van der Waals surface area contributed by atoms with Gasteiger partial charge in [-0.3, -0.25) is 9.67 Å². The smallest absolute Gasteiger partial charge is 0.193 e. The number of benzene rings is 1. The Morgan fingerprint density at radius 2 is 2.03 bits per heavy atom. The predicted molar refractivity (Wildman–Crippen MR) is 141 cm³/mol. The Morgan fingerprint density at radius 3 is 2.78 bits per heavy atom. The van der Waals surface area contributed by atoms with Crippen molar-refractivity contribution in [3.8, 4) is 0 Å². The van der Waals surface area contributed by atoms with Crippen LogP contribution in [0.3, 0.4) is 0 Å². The Balaban J connectivity index is 0.00000289. The zero-order valence-electron chi connectivity index (χ0n) is 19.0. The van der Waals surface area contributed by atoms with E-state index in [0.717, 1.165) is 48.9 Å². The van der Waals surface area contributed by atoms with Crippen LogP contribution in [0.15, 0.2) is 47.8 Å². The van der Waals surface area contributed by atoms with E-state index in [-0.39, 0.29) is 24.0 Å². The molecule has 1 saturated heterocycles. The zero-order valence-corrected chi connectivity index (χ0v) is 21.4. The largest absolute Gasteiger partial charge is 0.367 e. The van der Waals surface area contributed by atoms with Crippen molar-refractivity contribution in [2.24, 2.45) is 18.0 Å². The van der Waals surface area contributed by atoms with Crippen molar-refractivity contribution in [3.05, 3.63) is 48.4 Å². The van der Waals surface area contributed by atoms with Gasteiger partial charge in [0.15, 0.2) is 11.6 Å². The first kappa shape index (κ1) is 24.2. The molecule has 2 N–H and O–H groups in total. The minimum atomic E-state index is 0. The highest BCUT2D eigenvalue weighted by Crippen LogP contribution is 2.32. The minimum absolute atomic E-state index is 0. The number of nitrogens with zero attached hydrogens (tertiary/aromatic N) is 6. The second kappa shape index (κ2) is 11.4. The Hall–Kier alpha value is -2.43. The summed E-state index contributed by atoms with van der Waals surface area (Å²) in [6, 6.07) is 10.9. The molecule has 0 bridgehead atoms. The highest BCUT2D eigenvalue weighted by molar-refractivity contribution is 14.0. The van der Waals surface area contributed by atoms with Gasteiger partial charge in [-0.2, -0.15) is 5.10 Å². The Labute approximate surface area is 206 Å². The molecule has 1 fully saturated rings. The molecule has 1 aliphatic heterocycles. The van der Waals surface area contributed by atoms with Crippen LogP contribution in [0.2, 0.25) is 0 Å². The van der Waals surface area contributed by atoms with E-state index in [1.54, 1.807) is 17.2 Å². The molecule has 2 unspecified atom stereocenters. The summed E-state index contributed by atoms with van der Waals surface area (Å²) in [4.78, 5) is 15.9. The van der Waals surface area contributed by atoms with Gasteiger partial charge in [-0.05, 0) is 30.7 Å². The fourth-order valence-electron chi connectivity index (χ4n) is 4.40. The molecule has 0 aliphatic carbocycles. The molecular weight excluding hydrogens is 515 g/mol. The fraction of sp³-hybridized carbons (Fsp3) is 0.478. The van der Waals surface area contributed by atoms with E-state index in [2.05, 4.69) is 74.8 Å². The molecule has 0 spiro atoms. The number of likely N-dealkylation sites (tertiary alicyclic amines) is 1. The van der Waals surface area contributed by atoms with Gasteiger partial charge in [-0.15, -0.1) is 24.0 Å². The average Bonchev–Trinajstić information content (AvgIpc) is 3.18. The van der Waals surface area contributed by atoms with Crippen LogP contribution in [-0.2, 0) is 7.05 Å². The van der Waals surface area contributed by atoms with Gasteiger partial charge in [-0.1, -0.05) is 37.3 Å². The van der Waals surface area contributed by atoms with Gasteiger partial charge in [0.05, 0.1) is 18.1 Å². The van der Waals surface area contributed by atoms with Gasteiger partial charge in [-0.25, -0.2) is 9.97 Å². The van der Waals surface area contributed by atoms with Crippen LogP contribution in [0.1, 0.15) is 31.7 Å². The monoisotopic (exact) mass is 548 g/mol. The maximum atomic E-state index is 4.87. The number of hydrogen-bond acceptors (Lipinski definition) is 5. The second-order valence-electron chi connectivity index (χ2n) is 8.12. The third-order valence-electron chi connectivity index (χ3n) is 5.96. The molecule has 0 amide bonds. The van der Waals surface area contributed by atoms with Gasteiger partial charge >= 0.3 is 0 Å². The predicted octanol–water partition coefficient (Wildman–Crippen LogP) is 3.48. The van der Waals surface area contributed by atoms with E-state index in [9.17, 15) is 0 Å². The lowest BCUT2D eigenvalue weighted by Crippen LogP contribution is -2.48. The number of anilines is 1. The summed E-state index contributed by atoms with van der Waals surface area (Å²) in [7, 11) is 1.88. The lowest BCUT2D eigenvalue weighted by molar-refractivity contribution is 0.234. The van der Waals surface area contributed by atoms with Crippen LogP contribution >= 0.6 is 24.0 Å². The number of aryl methyl sites for hydroxylation is 1. The van der Waals surface area contributed by atoms with Gasteiger partial charge < -0.3 is 15.5 Å². The van der Waals surface area contributed by atoms with Crippen LogP contribution in [0.5, 0.6) is 0 Å². The molecule has 172 valence electrons. The van der Waals surface area contributed by atoms with Gasteiger partial charge in [0, 0.05) is 33.2 Å². The van der Waals surface area contributed by atoms with Crippen LogP contribution < -0.4 is 10.6 Å². The maximum absolute atomic E-state index is 4.87. The fourth-order valence-corrected chi connectivity index (χ4v) is 4.40. The number of aliphatic imine (C=N–C) groups is 1. The number of halogens is 1. The van der Waals surface area contributed by atoms with Gasteiger partial charge in [0.2, 0.25) is 0 Å². The number of rotatable bonds is 6. The first-order valence-electron chi connectivity index (χ1n) is 11.1. The lowest BCUT2D eigenvalue weighted by atomic mass is 9.82. The molecule has 32 heavy (non-hydrogen) atoms. The molecule has 0 saturated carbocycles. The highest BCUT2D eigenvalue weighted by atomic mass is 127. The molecular formula is C23H33IN8. The Bertz CT molecular complexity index is 1020. The summed E-state index contributed by atoms with van der Waals surface area (Å²) in [6.45, 7) is 8.73. The molecule has 1 aromatic carbocycles. The van der Waals surface area contributed by atoms with Crippen LogP contribution in [0, 0.1) is 5.92 Å². The number of fused-ring (bicyclic) bond motifs is 1. The summed E-state index contributed by atoms with van der Waals surface area (Å²) < 4.78 is 1.75. The molecule has 1 aliphatic rings. The standard InChI is InChI=1S/C23H32N8.HI/c1-4-24-23(31-13-10-19(17(2)15-31)18-8-6-5-7-9-18)26-12-11-25-21-20-14-29-30(3)22(20)28-16-27-21;/h5-9,14,16-17,19H,4,10-13,15H2,1-3H3,(H,24,26)(H,25,27,28);1H. The van der Waals surface area contributed by atoms with Crippen LogP contribution in [0.4, 0.5) is 5.82 Å². The molecule has 3 heterocycles. The summed E-state index contributed by atoms with van der Waals surface area (Å²) in [5, 5.41) is 12.0. The normalized spacial score (nSPS) is 19.0. The van der Waals surface area contributed by atoms with Crippen molar-refractivity contribution in [2.75, 3.05) is 38.0 Å². The molecule has 2 atom stereocenters. The molecule has 3 aromatic rings. The molecule has 4 rings (SSSR count). The van der Waals surface area contributed by atoms with Crippen LogP contribution in [0.25, 0.3) is 11.0 Å². The van der Waals surface area contributed by atoms with Gasteiger partial charge in [0.1, 0.15) is 12.1 Å². The third kappa shape index (κ3) is 5.48. The third-order valence-corrected chi connectivity index (χ3v) is 5.96. The minimum Gasteiger partial charge on any atom is -0.367 e. The molecule has 2 aromatic heterocycles. The number of guanidine groups is 1. The summed E-state index contributed by atoms with van der Waals surface area (Å²) in [5.41, 5.74) is 2.27. The molecule has 0 radical (unpaired) electrons. The van der Waals surface area contributed by atoms with E-state index >= 15 is 0 Å². The molecule has 8 nitrogen and oxygen atoms in total. The Kier molecular flexibility index (Phi) is 8.66. The lowest BCUT2D eigenvalue weighted by Gasteiger charge is -2.39. The number of nitrogens with one attached hydrogen (secondary N) is 2.